The largest absolute Gasteiger partial charge is 0.504 e. The van der Waals surface area contributed by atoms with Crippen LogP contribution >= 0.6 is 35.4 Å². The van der Waals surface area contributed by atoms with Gasteiger partial charge < -0.3 is 10.4 Å². The number of carbonyl (C=O) groups is 1. The fourth-order valence-electron chi connectivity index (χ4n) is 1.81. The van der Waals surface area contributed by atoms with E-state index >= 15 is 0 Å². The zero-order valence-electron chi connectivity index (χ0n) is 11.7. The van der Waals surface area contributed by atoms with Crippen molar-refractivity contribution in [2.45, 2.75) is 0 Å². The minimum atomic E-state index is -0.771. The number of carbonyl (C=O) groups excluding carboxylic acids is 1. The summed E-state index contributed by atoms with van der Waals surface area (Å²) in [5.74, 6) is -1.07. The molecule has 0 spiro atoms. The molecule has 2 rings (SSSR count). The van der Waals surface area contributed by atoms with Crippen LogP contribution in [0.25, 0.3) is 0 Å². The van der Waals surface area contributed by atoms with Gasteiger partial charge in [-0.05, 0) is 30.4 Å². The Kier molecular flexibility index (Phi) is 5.55. The molecule has 2 aromatic rings. The van der Waals surface area contributed by atoms with Crippen LogP contribution in [0, 0.1) is 10.1 Å². The minimum absolute atomic E-state index is 0.00202. The van der Waals surface area contributed by atoms with Crippen molar-refractivity contribution in [1.29, 1.82) is 0 Å². The monoisotopic (exact) mass is 385 g/mol. The Labute approximate surface area is 151 Å². The van der Waals surface area contributed by atoms with Gasteiger partial charge in [0.15, 0.2) is 10.9 Å². The highest BCUT2D eigenvalue weighted by Crippen LogP contribution is 2.34. The number of anilines is 1. The molecule has 0 aliphatic rings. The SMILES string of the molecule is O=C(NC(=S)Nc1cc(Cl)cc(Cl)c1O)c1ccccc1[N+](=O)[O-]. The van der Waals surface area contributed by atoms with Crippen molar-refractivity contribution in [3.63, 3.8) is 0 Å². The van der Waals surface area contributed by atoms with Crippen LogP contribution in [0.3, 0.4) is 0 Å². The summed E-state index contributed by atoms with van der Waals surface area (Å²) < 4.78 is 0. The highest BCUT2D eigenvalue weighted by molar-refractivity contribution is 7.80. The van der Waals surface area contributed by atoms with Crippen LogP contribution in [0.2, 0.25) is 10.0 Å². The van der Waals surface area contributed by atoms with Crippen LogP contribution in [0.5, 0.6) is 5.75 Å². The van der Waals surface area contributed by atoms with Gasteiger partial charge in [0.1, 0.15) is 5.56 Å². The van der Waals surface area contributed by atoms with Crippen LogP contribution in [0.1, 0.15) is 10.4 Å². The maximum Gasteiger partial charge on any atom is 0.282 e. The first-order chi connectivity index (χ1) is 11.3. The first kappa shape index (κ1) is 17.9. The number of phenolic OH excluding ortho intramolecular Hbond substituents is 1. The van der Waals surface area contributed by atoms with Crippen LogP contribution in [-0.4, -0.2) is 21.0 Å². The first-order valence-corrected chi connectivity index (χ1v) is 7.49. The standard InChI is InChI=1S/C14H9Cl2N3O4S/c15-7-5-9(16)12(20)10(6-7)17-14(24)18-13(21)8-3-1-2-4-11(8)19(22)23/h1-6,20H,(H2,17,18,21,24). The molecule has 0 aliphatic carbocycles. The predicted octanol–water partition coefficient (Wildman–Crippen LogP) is 3.73. The number of nitro groups is 1. The Balaban J connectivity index is 2.16. The average Bonchev–Trinajstić information content (AvgIpc) is 2.51. The molecule has 24 heavy (non-hydrogen) atoms. The third kappa shape index (κ3) is 4.10. The summed E-state index contributed by atoms with van der Waals surface area (Å²) in [5.41, 5.74) is -0.424. The van der Waals surface area contributed by atoms with Crippen molar-refractivity contribution in [1.82, 2.24) is 5.32 Å². The number of thiocarbonyl (C=S) groups is 1. The van der Waals surface area contributed by atoms with Gasteiger partial charge in [0.25, 0.3) is 11.6 Å². The van der Waals surface area contributed by atoms with Gasteiger partial charge in [0, 0.05) is 11.1 Å². The lowest BCUT2D eigenvalue weighted by atomic mass is 10.1. The number of nitro benzene ring substituents is 1. The van der Waals surface area contributed by atoms with Crippen molar-refractivity contribution in [2.75, 3.05) is 5.32 Å². The topological polar surface area (TPSA) is 104 Å². The molecule has 0 aromatic heterocycles. The number of nitrogens with one attached hydrogen (secondary N) is 2. The number of benzene rings is 2. The molecule has 0 unspecified atom stereocenters. The number of hydrogen-bond donors (Lipinski definition) is 3. The molecule has 0 fully saturated rings. The van der Waals surface area contributed by atoms with Gasteiger partial charge in [-0.1, -0.05) is 35.3 Å². The summed E-state index contributed by atoms with van der Waals surface area (Å²) in [5, 5.41) is 25.7. The Morgan fingerprint density at radius 3 is 2.58 bits per heavy atom. The molecule has 0 saturated heterocycles. The van der Waals surface area contributed by atoms with E-state index in [9.17, 15) is 20.0 Å². The lowest BCUT2D eigenvalue weighted by molar-refractivity contribution is -0.385. The Bertz CT molecular complexity index is 845. The summed E-state index contributed by atoms with van der Waals surface area (Å²) in [7, 11) is 0. The molecule has 7 nitrogen and oxygen atoms in total. The van der Waals surface area contributed by atoms with Crippen LogP contribution in [0.15, 0.2) is 36.4 Å². The van der Waals surface area contributed by atoms with E-state index in [2.05, 4.69) is 10.6 Å². The van der Waals surface area contributed by atoms with Gasteiger partial charge in [-0.2, -0.15) is 0 Å². The summed E-state index contributed by atoms with van der Waals surface area (Å²) in [4.78, 5) is 22.4. The van der Waals surface area contributed by atoms with E-state index in [0.29, 0.717) is 0 Å². The number of aromatic hydroxyl groups is 1. The van der Waals surface area contributed by atoms with Gasteiger partial charge in [-0.25, -0.2) is 0 Å². The highest BCUT2D eigenvalue weighted by Gasteiger charge is 2.20. The molecule has 0 bridgehead atoms. The molecular formula is C14H9Cl2N3O4S. The maximum absolute atomic E-state index is 12.1. The Hall–Kier alpha value is -2.42. The molecular weight excluding hydrogens is 377 g/mol. The van der Waals surface area contributed by atoms with Gasteiger partial charge in [-0.15, -0.1) is 0 Å². The van der Waals surface area contributed by atoms with E-state index in [1.165, 1.54) is 36.4 Å². The van der Waals surface area contributed by atoms with Crippen molar-refractivity contribution < 1.29 is 14.8 Å². The van der Waals surface area contributed by atoms with Crippen molar-refractivity contribution in [2.24, 2.45) is 0 Å². The van der Waals surface area contributed by atoms with E-state index in [0.717, 1.165) is 0 Å². The Morgan fingerprint density at radius 1 is 1.25 bits per heavy atom. The number of nitrogens with zero attached hydrogens (tertiary/aromatic N) is 1. The zero-order valence-corrected chi connectivity index (χ0v) is 14.1. The molecule has 0 saturated carbocycles. The molecule has 124 valence electrons. The smallest absolute Gasteiger partial charge is 0.282 e. The summed E-state index contributed by atoms with van der Waals surface area (Å²) in [6.45, 7) is 0. The van der Waals surface area contributed by atoms with Gasteiger partial charge in [0.2, 0.25) is 0 Å². The number of halogens is 2. The minimum Gasteiger partial charge on any atom is -0.504 e. The third-order valence-electron chi connectivity index (χ3n) is 2.85. The quantitative estimate of drug-likeness (QED) is 0.321. The van der Waals surface area contributed by atoms with Gasteiger partial charge in [-0.3, -0.25) is 20.2 Å². The third-order valence-corrected chi connectivity index (χ3v) is 3.56. The van der Waals surface area contributed by atoms with Crippen LogP contribution in [0.4, 0.5) is 11.4 Å². The van der Waals surface area contributed by atoms with E-state index in [-0.39, 0.29) is 37.8 Å². The number of phenols is 1. The van der Waals surface area contributed by atoms with Gasteiger partial charge in [0.05, 0.1) is 15.6 Å². The maximum atomic E-state index is 12.1. The van der Waals surface area contributed by atoms with Crippen molar-refractivity contribution in [3.05, 3.63) is 62.1 Å². The first-order valence-electron chi connectivity index (χ1n) is 6.33. The van der Waals surface area contributed by atoms with Gasteiger partial charge >= 0.3 is 0 Å². The zero-order chi connectivity index (χ0) is 17.9. The fraction of sp³-hybridized carbons (Fsp3) is 0. The number of rotatable bonds is 3. The molecule has 10 heteroatoms. The molecule has 2 aromatic carbocycles. The van der Waals surface area contributed by atoms with Crippen LogP contribution in [-0.2, 0) is 0 Å². The van der Waals surface area contributed by atoms with Crippen molar-refractivity contribution in [3.8, 4) is 5.75 Å². The predicted molar refractivity (Wildman–Crippen MR) is 94.9 cm³/mol. The van der Waals surface area contributed by atoms with Crippen LogP contribution < -0.4 is 10.6 Å². The molecule has 1 amide bonds. The molecule has 0 aliphatic heterocycles. The fourth-order valence-corrected chi connectivity index (χ4v) is 2.51. The summed E-state index contributed by atoms with van der Waals surface area (Å²) >= 11 is 16.6. The second-order valence-corrected chi connectivity index (χ2v) is 5.72. The second kappa shape index (κ2) is 7.43. The Morgan fingerprint density at radius 2 is 1.92 bits per heavy atom. The van der Waals surface area contributed by atoms with E-state index < -0.39 is 10.8 Å². The number of para-hydroxylation sites is 1. The molecule has 0 heterocycles. The lowest BCUT2D eigenvalue weighted by Gasteiger charge is -2.12. The molecule has 3 N–H and O–H groups in total. The second-order valence-electron chi connectivity index (χ2n) is 4.47. The summed E-state index contributed by atoms with van der Waals surface area (Å²) in [6, 6.07) is 8.11. The normalized spacial score (nSPS) is 10.1. The molecule has 0 radical (unpaired) electrons. The van der Waals surface area contributed by atoms with Crippen molar-refractivity contribution >= 4 is 57.8 Å². The van der Waals surface area contributed by atoms with E-state index in [1.807, 2.05) is 0 Å². The number of amides is 1. The number of hydrogen-bond acceptors (Lipinski definition) is 5. The molecule has 0 atom stereocenters. The van der Waals surface area contributed by atoms with E-state index in [1.54, 1.807) is 0 Å². The lowest BCUT2D eigenvalue weighted by Crippen LogP contribution is -2.34. The summed E-state index contributed by atoms with van der Waals surface area (Å²) in [6.07, 6.45) is 0. The highest BCUT2D eigenvalue weighted by atomic mass is 35.5. The van der Waals surface area contributed by atoms with E-state index in [4.69, 9.17) is 35.4 Å². The average molecular weight is 386 g/mol.